The number of fused-ring (bicyclic) bond motifs is 2. The van der Waals surface area contributed by atoms with Gasteiger partial charge in [0, 0.05) is 42.4 Å². The number of nitrogens with one attached hydrogen (secondary N) is 1. The third kappa shape index (κ3) is 3.28. The van der Waals surface area contributed by atoms with Gasteiger partial charge >= 0.3 is 0 Å². The van der Waals surface area contributed by atoms with Crippen molar-refractivity contribution in [3.05, 3.63) is 43.0 Å². The average molecular weight is 430 g/mol. The summed E-state index contributed by atoms with van der Waals surface area (Å²) in [5.74, 6) is 0.339. The zero-order chi connectivity index (χ0) is 21.7. The van der Waals surface area contributed by atoms with Gasteiger partial charge in [-0.1, -0.05) is 25.3 Å². The van der Waals surface area contributed by atoms with Crippen LogP contribution in [-0.4, -0.2) is 43.8 Å². The van der Waals surface area contributed by atoms with Crippen LogP contribution in [0.4, 0.5) is 5.69 Å². The predicted octanol–water partition coefficient (Wildman–Crippen LogP) is 5.29. The highest BCUT2D eigenvalue weighted by molar-refractivity contribution is 5.97. The Morgan fingerprint density at radius 1 is 1.09 bits per heavy atom. The van der Waals surface area contributed by atoms with Gasteiger partial charge < -0.3 is 19.6 Å². The number of benzene rings is 2. The quantitative estimate of drug-likeness (QED) is 0.462. The minimum absolute atomic E-state index is 0.250. The van der Waals surface area contributed by atoms with Crippen molar-refractivity contribution in [3.63, 3.8) is 0 Å². The van der Waals surface area contributed by atoms with Gasteiger partial charge in [0.25, 0.3) is 0 Å². The van der Waals surface area contributed by atoms with Crippen molar-refractivity contribution in [2.75, 3.05) is 18.1 Å². The van der Waals surface area contributed by atoms with Crippen LogP contribution < -0.4 is 4.90 Å². The van der Waals surface area contributed by atoms with Crippen LogP contribution in [-0.2, 0) is 0 Å². The first kappa shape index (κ1) is 19.8. The van der Waals surface area contributed by atoms with E-state index in [1.807, 2.05) is 6.33 Å². The molecule has 0 radical (unpaired) electrons. The molecular formula is C26H31N5O. The van der Waals surface area contributed by atoms with Gasteiger partial charge in [0.2, 0.25) is 0 Å². The maximum Gasteiger partial charge on any atom is 0.0962 e. The summed E-state index contributed by atoms with van der Waals surface area (Å²) in [5, 5.41) is 9.66. The van der Waals surface area contributed by atoms with Crippen LogP contribution in [0.3, 0.4) is 0 Å². The standard InChI is InChI=1S/C26H31N5O/c1-17-9-18(14-32)13-30(17)21-11-22(26-24(12-21)27-15-28-26)19-7-8-25-23(10-19)29-16-31(25)20-5-3-2-4-6-20/h7-8,10-12,15-18,20,32H,2-6,9,13-14H2,1H3,(H,27,28)/t17-,18-/m0/s1. The van der Waals surface area contributed by atoms with Gasteiger partial charge in [-0.05, 0) is 56.0 Å². The summed E-state index contributed by atoms with van der Waals surface area (Å²) in [7, 11) is 0. The Balaban J connectivity index is 1.41. The van der Waals surface area contributed by atoms with Gasteiger partial charge in [0.1, 0.15) is 0 Å². The number of aliphatic hydroxyl groups is 1. The fourth-order valence-corrected chi connectivity index (χ4v) is 5.90. The van der Waals surface area contributed by atoms with Crippen LogP contribution in [0.5, 0.6) is 0 Å². The van der Waals surface area contributed by atoms with E-state index in [4.69, 9.17) is 4.98 Å². The van der Waals surface area contributed by atoms with E-state index in [-0.39, 0.29) is 6.61 Å². The van der Waals surface area contributed by atoms with Crippen LogP contribution in [0.2, 0.25) is 0 Å². The number of aliphatic hydroxyl groups excluding tert-OH is 1. The highest BCUT2D eigenvalue weighted by atomic mass is 16.3. The molecule has 0 unspecified atom stereocenters. The molecule has 1 saturated carbocycles. The molecule has 3 heterocycles. The molecule has 32 heavy (non-hydrogen) atoms. The Morgan fingerprint density at radius 3 is 2.78 bits per heavy atom. The number of hydrogen-bond acceptors (Lipinski definition) is 4. The topological polar surface area (TPSA) is 70.0 Å². The van der Waals surface area contributed by atoms with Gasteiger partial charge in [-0.25, -0.2) is 9.97 Å². The second-order valence-electron chi connectivity index (χ2n) is 9.72. The summed E-state index contributed by atoms with van der Waals surface area (Å²) in [6.45, 7) is 3.39. The van der Waals surface area contributed by atoms with Crippen molar-refractivity contribution >= 4 is 27.8 Å². The lowest BCUT2D eigenvalue weighted by Gasteiger charge is -2.25. The minimum atomic E-state index is 0.250. The smallest absolute Gasteiger partial charge is 0.0962 e. The number of imidazole rings is 2. The van der Waals surface area contributed by atoms with Gasteiger partial charge in [0.05, 0.1) is 34.7 Å². The number of nitrogens with zero attached hydrogens (tertiary/aromatic N) is 4. The maximum atomic E-state index is 9.66. The zero-order valence-corrected chi connectivity index (χ0v) is 18.7. The van der Waals surface area contributed by atoms with E-state index in [2.05, 4.69) is 56.7 Å². The first-order valence-corrected chi connectivity index (χ1v) is 12.0. The molecule has 2 aliphatic rings. The Kier molecular flexibility index (Phi) is 4.90. The molecule has 0 bridgehead atoms. The molecule has 4 aromatic rings. The molecule has 6 nitrogen and oxygen atoms in total. The molecule has 1 aliphatic heterocycles. The van der Waals surface area contributed by atoms with Gasteiger partial charge in [0.15, 0.2) is 0 Å². The summed E-state index contributed by atoms with van der Waals surface area (Å²) in [6, 6.07) is 12.1. The molecular weight excluding hydrogens is 398 g/mol. The molecule has 2 fully saturated rings. The predicted molar refractivity (Wildman–Crippen MR) is 129 cm³/mol. The monoisotopic (exact) mass is 429 g/mol. The number of aromatic amines is 1. The van der Waals surface area contributed by atoms with Crippen molar-refractivity contribution in [1.82, 2.24) is 19.5 Å². The van der Waals surface area contributed by atoms with Crippen LogP contribution in [0, 0.1) is 5.92 Å². The third-order valence-electron chi connectivity index (χ3n) is 7.61. The van der Waals surface area contributed by atoms with Crippen LogP contribution >= 0.6 is 0 Å². The van der Waals surface area contributed by atoms with Crippen LogP contribution in [0.15, 0.2) is 43.0 Å². The molecule has 166 valence electrons. The zero-order valence-electron chi connectivity index (χ0n) is 18.7. The highest BCUT2D eigenvalue weighted by Gasteiger charge is 2.29. The van der Waals surface area contributed by atoms with E-state index in [9.17, 15) is 5.11 Å². The molecule has 6 rings (SSSR count). The number of hydrogen-bond donors (Lipinski definition) is 2. The van der Waals surface area contributed by atoms with Crippen molar-refractivity contribution in [3.8, 4) is 11.1 Å². The van der Waals surface area contributed by atoms with Crippen molar-refractivity contribution in [2.24, 2.45) is 5.92 Å². The Bertz CT molecular complexity index is 1250. The maximum absolute atomic E-state index is 9.66. The number of rotatable bonds is 4. The van der Waals surface area contributed by atoms with E-state index in [1.165, 1.54) is 43.3 Å². The number of H-pyrrole nitrogens is 1. The van der Waals surface area contributed by atoms with Crippen molar-refractivity contribution in [2.45, 2.75) is 57.5 Å². The second-order valence-corrected chi connectivity index (χ2v) is 9.72. The molecule has 1 aliphatic carbocycles. The third-order valence-corrected chi connectivity index (χ3v) is 7.61. The SMILES string of the molecule is C[C@H]1C[C@H](CO)CN1c1cc(-c2ccc3c(c2)ncn3C2CCCCC2)c2nc[nH]c2c1. The number of anilines is 1. The largest absolute Gasteiger partial charge is 0.396 e. The summed E-state index contributed by atoms with van der Waals surface area (Å²) in [5.41, 5.74) is 7.79. The Hall–Kier alpha value is -2.86. The fraction of sp³-hybridized carbons (Fsp3) is 0.462. The molecule has 0 spiro atoms. The molecule has 0 amide bonds. The van der Waals surface area contributed by atoms with Gasteiger partial charge in [-0.3, -0.25) is 0 Å². The Labute approximate surface area is 188 Å². The minimum Gasteiger partial charge on any atom is -0.396 e. The van der Waals surface area contributed by atoms with Gasteiger partial charge in [-0.15, -0.1) is 0 Å². The first-order valence-electron chi connectivity index (χ1n) is 12.0. The average Bonchev–Trinajstić information content (AvgIpc) is 3.56. The van der Waals surface area contributed by atoms with E-state index in [1.54, 1.807) is 6.33 Å². The fourth-order valence-electron chi connectivity index (χ4n) is 5.90. The Morgan fingerprint density at radius 2 is 1.97 bits per heavy atom. The summed E-state index contributed by atoms with van der Waals surface area (Å²) >= 11 is 0. The van der Waals surface area contributed by atoms with E-state index in [0.29, 0.717) is 18.0 Å². The number of aromatic nitrogens is 4. The van der Waals surface area contributed by atoms with Gasteiger partial charge in [-0.2, -0.15) is 0 Å². The molecule has 2 aromatic carbocycles. The van der Waals surface area contributed by atoms with E-state index < -0.39 is 0 Å². The van der Waals surface area contributed by atoms with Crippen LogP contribution in [0.25, 0.3) is 33.2 Å². The lowest BCUT2D eigenvalue weighted by atomic mass is 9.95. The molecule has 1 saturated heterocycles. The molecule has 2 N–H and O–H groups in total. The normalized spacial score (nSPS) is 22.4. The summed E-state index contributed by atoms with van der Waals surface area (Å²) in [4.78, 5) is 15.1. The lowest BCUT2D eigenvalue weighted by molar-refractivity contribution is 0.236. The first-order chi connectivity index (χ1) is 15.7. The lowest BCUT2D eigenvalue weighted by Crippen LogP contribution is -2.27. The van der Waals surface area contributed by atoms with Crippen LogP contribution in [0.1, 0.15) is 51.5 Å². The summed E-state index contributed by atoms with van der Waals surface area (Å²) < 4.78 is 2.39. The highest BCUT2D eigenvalue weighted by Crippen LogP contribution is 2.37. The van der Waals surface area contributed by atoms with E-state index >= 15 is 0 Å². The molecule has 2 atom stereocenters. The molecule has 6 heteroatoms. The van der Waals surface area contributed by atoms with Crippen molar-refractivity contribution in [1.29, 1.82) is 0 Å². The summed E-state index contributed by atoms with van der Waals surface area (Å²) in [6.07, 6.45) is 11.3. The van der Waals surface area contributed by atoms with E-state index in [0.717, 1.165) is 40.6 Å². The van der Waals surface area contributed by atoms with Crippen molar-refractivity contribution < 1.29 is 5.11 Å². The molecule has 2 aromatic heterocycles. The second kappa shape index (κ2) is 7.93.